The van der Waals surface area contributed by atoms with Crippen molar-refractivity contribution in [3.63, 3.8) is 0 Å². The van der Waals surface area contributed by atoms with Crippen LogP contribution in [0.25, 0.3) is 0 Å². The third-order valence-electron chi connectivity index (χ3n) is 3.72. The summed E-state index contributed by atoms with van der Waals surface area (Å²) in [7, 11) is 0. The number of imidazole rings is 1. The second-order valence-electron chi connectivity index (χ2n) is 5.22. The van der Waals surface area contributed by atoms with Crippen molar-refractivity contribution in [2.24, 2.45) is 0 Å². The molecule has 6 heteroatoms. The van der Waals surface area contributed by atoms with Gasteiger partial charge < -0.3 is 14.8 Å². The van der Waals surface area contributed by atoms with Crippen LogP contribution in [0.3, 0.4) is 0 Å². The lowest BCUT2D eigenvalue weighted by atomic mass is 10.2. The Kier molecular flexibility index (Phi) is 3.84. The summed E-state index contributed by atoms with van der Waals surface area (Å²) in [5.41, 5.74) is 2.69. The lowest BCUT2D eigenvalue weighted by Crippen LogP contribution is -2.34. The summed E-state index contributed by atoms with van der Waals surface area (Å²) in [6.07, 6.45) is 4.54. The normalized spacial score (nSPS) is 14.5. The number of fused-ring (bicyclic) bond motifs is 1. The van der Waals surface area contributed by atoms with Crippen LogP contribution in [-0.4, -0.2) is 27.0 Å². The highest BCUT2D eigenvalue weighted by Gasteiger charge is 2.20. The van der Waals surface area contributed by atoms with Crippen molar-refractivity contribution in [2.75, 3.05) is 11.9 Å². The SMILES string of the molecule is Cc1cccc(Cl)c1NC(=O)N1CCCn2cncc2C1. The summed E-state index contributed by atoms with van der Waals surface area (Å²) in [4.78, 5) is 18.4. The molecule has 0 bridgehead atoms. The number of hydrogen-bond acceptors (Lipinski definition) is 2. The smallest absolute Gasteiger partial charge is 0.322 e. The van der Waals surface area contributed by atoms with Crippen molar-refractivity contribution in [1.29, 1.82) is 0 Å². The van der Waals surface area contributed by atoms with E-state index in [0.29, 0.717) is 17.3 Å². The van der Waals surface area contributed by atoms with Gasteiger partial charge >= 0.3 is 6.03 Å². The Morgan fingerprint density at radius 2 is 2.24 bits per heavy atom. The molecule has 21 heavy (non-hydrogen) atoms. The van der Waals surface area contributed by atoms with E-state index in [1.165, 1.54) is 0 Å². The number of hydrogen-bond donors (Lipinski definition) is 1. The topological polar surface area (TPSA) is 50.2 Å². The van der Waals surface area contributed by atoms with Gasteiger partial charge in [0, 0.05) is 19.3 Å². The molecule has 2 aromatic rings. The Morgan fingerprint density at radius 1 is 1.38 bits per heavy atom. The lowest BCUT2D eigenvalue weighted by molar-refractivity contribution is 0.210. The highest BCUT2D eigenvalue weighted by molar-refractivity contribution is 6.33. The molecule has 1 aliphatic rings. The predicted octanol–water partition coefficient (Wildman–Crippen LogP) is 3.28. The molecule has 1 aromatic carbocycles. The summed E-state index contributed by atoms with van der Waals surface area (Å²) in [6.45, 7) is 4.11. The number of nitrogens with one attached hydrogen (secondary N) is 1. The van der Waals surface area contributed by atoms with E-state index < -0.39 is 0 Å². The van der Waals surface area contributed by atoms with E-state index in [1.54, 1.807) is 11.0 Å². The number of carbonyl (C=O) groups is 1. The molecular formula is C15H17ClN4O. The molecule has 0 fully saturated rings. The molecule has 0 radical (unpaired) electrons. The minimum absolute atomic E-state index is 0.124. The fourth-order valence-corrected chi connectivity index (χ4v) is 2.81. The van der Waals surface area contributed by atoms with Crippen LogP contribution in [0.2, 0.25) is 5.02 Å². The van der Waals surface area contributed by atoms with E-state index >= 15 is 0 Å². The summed E-state index contributed by atoms with van der Waals surface area (Å²) in [5.74, 6) is 0. The Hall–Kier alpha value is -2.01. The first-order chi connectivity index (χ1) is 10.1. The van der Waals surface area contributed by atoms with Crippen molar-refractivity contribution in [3.8, 4) is 0 Å². The minimum atomic E-state index is -0.124. The highest BCUT2D eigenvalue weighted by Crippen LogP contribution is 2.26. The van der Waals surface area contributed by atoms with E-state index in [9.17, 15) is 4.79 Å². The van der Waals surface area contributed by atoms with Crippen LogP contribution in [0, 0.1) is 6.92 Å². The molecule has 1 aliphatic heterocycles. The average molecular weight is 305 g/mol. The van der Waals surface area contributed by atoms with Gasteiger partial charge in [-0.3, -0.25) is 0 Å². The van der Waals surface area contributed by atoms with Crippen LogP contribution >= 0.6 is 11.6 Å². The third kappa shape index (κ3) is 2.88. The number of aromatic nitrogens is 2. The van der Waals surface area contributed by atoms with Gasteiger partial charge in [-0.15, -0.1) is 0 Å². The number of nitrogens with zero attached hydrogens (tertiary/aromatic N) is 3. The number of para-hydroxylation sites is 1. The van der Waals surface area contributed by atoms with Crippen molar-refractivity contribution in [1.82, 2.24) is 14.5 Å². The second kappa shape index (κ2) is 5.77. The molecule has 5 nitrogen and oxygen atoms in total. The molecule has 0 saturated heterocycles. The number of benzene rings is 1. The summed E-state index contributed by atoms with van der Waals surface area (Å²) in [5, 5.41) is 3.48. The van der Waals surface area contributed by atoms with Gasteiger partial charge in [0.1, 0.15) is 0 Å². The molecule has 110 valence electrons. The molecule has 3 rings (SSSR count). The molecule has 0 unspecified atom stereocenters. The summed E-state index contributed by atoms with van der Waals surface area (Å²) < 4.78 is 2.09. The number of urea groups is 1. The van der Waals surface area contributed by atoms with Crippen molar-refractivity contribution in [2.45, 2.75) is 26.4 Å². The maximum Gasteiger partial charge on any atom is 0.322 e. The van der Waals surface area contributed by atoms with Crippen molar-refractivity contribution in [3.05, 3.63) is 47.0 Å². The van der Waals surface area contributed by atoms with Crippen molar-refractivity contribution >= 4 is 23.3 Å². The molecule has 0 aliphatic carbocycles. The van der Waals surface area contributed by atoms with E-state index in [0.717, 1.165) is 30.8 Å². The van der Waals surface area contributed by atoms with Crippen LogP contribution in [0.1, 0.15) is 17.7 Å². The minimum Gasteiger partial charge on any atom is -0.333 e. The molecule has 1 aromatic heterocycles. The first-order valence-electron chi connectivity index (χ1n) is 6.95. The highest BCUT2D eigenvalue weighted by atomic mass is 35.5. The zero-order valence-corrected chi connectivity index (χ0v) is 12.6. The molecule has 2 heterocycles. The molecule has 0 saturated carbocycles. The molecular weight excluding hydrogens is 288 g/mol. The summed E-state index contributed by atoms with van der Waals surface area (Å²) >= 11 is 6.16. The first kappa shape index (κ1) is 13.9. The number of anilines is 1. The van der Waals surface area contributed by atoms with Gasteiger partial charge in [-0.1, -0.05) is 23.7 Å². The second-order valence-corrected chi connectivity index (χ2v) is 5.62. The Labute approximate surface area is 128 Å². The van der Waals surface area contributed by atoms with Gasteiger partial charge in [0.2, 0.25) is 0 Å². The van der Waals surface area contributed by atoms with Crippen LogP contribution in [0.15, 0.2) is 30.7 Å². The van der Waals surface area contributed by atoms with E-state index in [1.807, 2.05) is 31.6 Å². The quantitative estimate of drug-likeness (QED) is 0.879. The Bertz CT molecular complexity index is 647. The molecule has 1 N–H and O–H groups in total. The number of carbonyl (C=O) groups excluding carboxylic acids is 1. The first-order valence-corrected chi connectivity index (χ1v) is 7.33. The number of amides is 2. The van der Waals surface area contributed by atoms with Gasteiger partial charge in [0.15, 0.2) is 0 Å². The van der Waals surface area contributed by atoms with E-state index in [-0.39, 0.29) is 6.03 Å². The third-order valence-corrected chi connectivity index (χ3v) is 4.03. The zero-order valence-electron chi connectivity index (χ0n) is 11.8. The fraction of sp³-hybridized carbons (Fsp3) is 0.333. The maximum atomic E-state index is 12.5. The van der Waals surface area contributed by atoms with Crippen LogP contribution in [0.4, 0.5) is 10.5 Å². The van der Waals surface area contributed by atoms with Gasteiger partial charge in [-0.25, -0.2) is 9.78 Å². The number of halogens is 1. The molecule has 2 amide bonds. The maximum absolute atomic E-state index is 12.5. The number of rotatable bonds is 1. The summed E-state index contributed by atoms with van der Waals surface area (Å²) in [6, 6.07) is 5.46. The fourth-order valence-electron chi connectivity index (χ4n) is 2.54. The number of aryl methyl sites for hydroxylation is 2. The van der Waals surface area contributed by atoms with Crippen LogP contribution in [0.5, 0.6) is 0 Å². The monoisotopic (exact) mass is 304 g/mol. The van der Waals surface area contributed by atoms with Gasteiger partial charge in [-0.05, 0) is 25.0 Å². The Morgan fingerprint density at radius 3 is 3.05 bits per heavy atom. The van der Waals surface area contributed by atoms with Gasteiger partial charge in [-0.2, -0.15) is 0 Å². The van der Waals surface area contributed by atoms with Crippen LogP contribution in [-0.2, 0) is 13.1 Å². The molecule has 0 atom stereocenters. The van der Waals surface area contributed by atoms with E-state index in [2.05, 4.69) is 14.9 Å². The van der Waals surface area contributed by atoms with E-state index in [4.69, 9.17) is 11.6 Å². The molecule has 0 spiro atoms. The largest absolute Gasteiger partial charge is 0.333 e. The van der Waals surface area contributed by atoms with Crippen LogP contribution < -0.4 is 5.32 Å². The van der Waals surface area contributed by atoms with Gasteiger partial charge in [0.05, 0.1) is 29.3 Å². The Balaban J connectivity index is 1.77. The predicted molar refractivity (Wildman–Crippen MR) is 82.5 cm³/mol. The average Bonchev–Trinajstić information content (AvgIpc) is 2.80. The van der Waals surface area contributed by atoms with Crippen molar-refractivity contribution < 1.29 is 4.79 Å². The lowest BCUT2D eigenvalue weighted by Gasteiger charge is -2.21. The standard InChI is InChI=1S/C15H17ClN4O/c1-11-4-2-5-13(16)14(11)18-15(21)19-6-3-7-20-10-17-8-12(20)9-19/h2,4-5,8,10H,3,6-7,9H2,1H3,(H,18,21). The van der Waals surface area contributed by atoms with Gasteiger partial charge in [0.25, 0.3) is 0 Å². The zero-order chi connectivity index (χ0) is 14.8.